The lowest BCUT2D eigenvalue weighted by Gasteiger charge is -2.29. The highest BCUT2D eigenvalue weighted by atomic mass is 32.2. The lowest BCUT2D eigenvalue weighted by Crippen LogP contribution is -2.43. The Labute approximate surface area is 110 Å². The van der Waals surface area contributed by atoms with Crippen LogP contribution in [-0.2, 0) is 14.8 Å². The first-order valence-electron chi connectivity index (χ1n) is 5.62. The van der Waals surface area contributed by atoms with Crippen LogP contribution in [-0.4, -0.2) is 43.0 Å². The molecule has 0 aromatic carbocycles. The molecule has 1 aromatic heterocycles. The number of carbonyl (C=O) groups is 1. The SMILES string of the molecule is CS(=O)(=O)N1CCCC(C(=O)Nc2nccs2)C1. The van der Waals surface area contributed by atoms with Gasteiger partial charge in [-0.25, -0.2) is 17.7 Å². The fraction of sp³-hybridized carbons (Fsp3) is 0.600. The molecule has 1 amide bonds. The fourth-order valence-electron chi connectivity index (χ4n) is 1.95. The summed E-state index contributed by atoms with van der Waals surface area (Å²) >= 11 is 1.35. The van der Waals surface area contributed by atoms with Gasteiger partial charge >= 0.3 is 0 Å². The van der Waals surface area contributed by atoms with E-state index in [0.29, 0.717) is 24.5 Å². The van der Waals surface area contributed by atoms with Crippen LogP contribution >= 0.6 is 11.3 Å². The van der Waals surface area contributed by atoms with Crippen molar-refractivity contribution in [1.29, 1.82) is 0 Å². The van der Waals surface area contributed by atoms with E-state index in [-0.39, 0.29) is 18.4 Å². The van der Waals surface area contributed by atoms with Crippen molar-refractivity contribution in [2.24, 2.45) is 5.92 Å². The Morgan fingerprint density at radius 1 is 1.61 bits per heavy atom. The molecule has 1 N–H and O–H groups in total. The molecule has 1 unspecified atom stereocenters. The van der Waals surface area contributed by atoms with Gasteiger partial charge in [-0.3, -0.25) is 4.79 Å². The number of carbonyl (C=O) groups excluding carboxylic acids is 1. The minimum absolute atomic E-state index is 0.154. The number of nitrogens with one attached hydrogen (secondary N) is 1. The van der Waals surface area contributed by atoms with Gasteiger partial charge in [-0.2, -0.15) is 0 Å². The van der Waals surface area contributed by atoms with Crippen LogP contribution in [0.1, 0.15) is 12.8 Å². The van der Waals surface area contributed by atoms with Crippen LogP contribution in [0.25, 0.3) is 0 Å². The molecule has 0 saturated carbocycles. The maximum absolute atomic E-state index is 12.0. The van der Waals surface area contributed by atoms with E-state index >= 15 is 0 Å². The third kappa shape index (κ3) is 3.27. The van der Waals surface area contributed by atoms with Crippen molar-refractivity contribution in [1.82, 2.24) is 9.29 Å². The zero-order chi connectivity index (χ0) is 13.2. The van der Waals surface area contributed by atoms with Gasteiger partial charge in [0.1, 0.15) is 0 Å². The minimum Gasteiger partial charge on any atom is -0.302 e. The van der Waals surface area contributed by atoms with E-state index in [1.165, 1.54) is 21.9 Å². The van der Waals surface area contributed by atoms with Crippen LogP contribution in [0.15, 0.2) is 11.6 Å². The number of piperidine rings is 1. The number of rotatable bonds is 3. The highest BCUT2D eigenvalue weighted by molar-refractivity contribution is 7.88. The summed E-state index contributed by atoms with van der Waals surface area (Å²) in [7, 11) is -3.21. The lowest BCUT2D eigenvalue weighted by atomic mass is 9.99. The average Bonchev–Trinajstić information content (AvgIpc) is 2.81. The van der Waals surface area contributed by atoms with Crippen molar-refractivity contribution >= 4 is 32.4 Å². The standard InChI is InChI=1S/C10H15N3O3S2/c1-18(15,16)13-5-2-3-8(7-13)9(14)12-10-11-4-6-17-10/h4,6,8H,2-3,5,7H2,1H3,(H,11,12,14). The zero-order valence-corrected chi connectivity index (χ0v) is 11.6. The molecule has 8 heteroatoms. The predicted octanol–water partition coefficient (Wildman–Crippen LogP) is 0.753. The minimum atomic E-state index is -3.21. The van der Waals surface area contributed by atoms with Crippen molar-refractivity contribution < 1.29 is 13.2 Å². The highest BCUT2D eigenvalue weighted by Gasteiger charge is 2.30. The number of sulfonamides is 1. The first-order chi connectivity index (χ1) is 8.47. The molecule has 2 heterocycles. The van der Waals surface area contributed by atoms with Crippen LogP contribution in [0.5, 0.6) is 0 Å². The molecule has 0 bridgehead atoms. The van der Waals surface area contributed by atoms with Crippen LogP contribution in [0.4, 0.5) is 5.13 Å². The molecular formula is C10H15N3O3S2. The predicted molar refractivity (Wildman–Crippen MR) is 69.9 cm³/mol. The summed E-state index contributed by atoms with van der Waals surface area (Å²) in [4.78, 5) is 15.9. The molecule has 1 atom stereocenters. The normalized spacial score (nSPS) is 21.7. The number of thiazole rings is 1. The summed E-state index contributed by atoms with van der Waals surface area (Å²) in [6.07, 6.45) is 4.21. The molecule has 18 heavy (non-hydrogen) atoms. The van der Waals surface area contributed by atoms with Crippen molar-refractivity contribution in [3.05, 3.63) is 11.6 Å². The van der Waals surface area contributed by atoms with E-state index in [1.807, 2.05) is 0 Å². The van der Waals surface area contributed by atoms with Gasteiger partial charge in [-0.1, -0.05) is 0 Å². The largest absolute Gasteiger partial charge is 0.302 e. The molecular weight excluding hydrogens is 274 g/mol. The fourth-order valence-corrected chi connectivity index (χ4v) is 3.39. The van der Waals surface area contributed by atoms with Crippen LogP contribution in [0, 0.1) is 5.92 Å². The van der Waals surface area contributed by atoms with Gasteiger partial charge in [0.15, 0.2) is 5.13 Å². The van der Waals surface area contributed by atoms with Gasteiger partial charge in [0.25, 0.3) is 0 Å². The van der Waals surface area contributed by atoms with Crippen molar-refractivity contribution in [3.8, 4) is 0 Å². The summed E-state index contributed by atoms with van der Waals surface area (Å²) in [5, 5.41) is 5.04. The summed E-state index contributed by atoms with van der Waals surface area (Å²) in [6, 6.07) is 0. The summed E-state index contributed by atoms with van der Waals surface area (Å²) < 4.78 is 24.3. The van der Waals surface area contributed by atoms with Crippen LogP contribution in [0.3, 0.4) is 0 Å². The second kappa shape index (κ2) is 5.33. The Morgan fingerprint density at radius 2 is 2.39 bits per heavy atom. The third-order valence-corrected chi connectivity index (χ3v) is 4.84. The maximum Gasteiger partial charge on any atom is 0.230 e. The smallest absolute Gasteiger partial charge is 0.230 e. The third-order valence-electron chi connectivity index (χ3n) is 2.89. The van der Waals surface area contributed by atoms with Gasteiger partial charge < -0.3 is 5.32 Å². The Balaban J connectivity index is 1.98. The number of nitrogens with zero attached hydrogens (tertiary/aromatic N) is 2. The summed E-state index contributed by atoms with van der Waals surface area (Å²) in [5.74, 6) is -0.448. The molecule has 1 fully saturated rings. The van der Waals surface area contributed by atoms with Gasteiger partial charge in [0.05, 0.1) is 12.2 Å². The number of aromatic nitrogens is 1. The second-order valence-corrected chi connectivity index (χ2v) is 7.16. The Morgan fingerprint density at radius 3 is 3.00 bits per heavy atom. The molecule has 100 valence electrons. The number of anilines is 1. The van der Waals surface area contributed by atoms with Crippen molar-refractivity contribution in [3.63, 3.8) is 0 Å². The highest BCUT2D eigenvalue weighted by Crippen LogP contribution is 2.21. The topological polar surface area (TPSA) is 79.4 Å². The molecule has 0 radical (unpaired) electrons. The lowest BCUT2D eigenvalue weighted by molar-refractivity contribution is -0.120. The van der Waals surface area contributed by atoms with Gasteiger partial charge in [-0.05, 0) is 12.8 Å². The molecule has 0 spiro atoms. The average molecular weight is 289 g/mol. The Kier molecular flexibility index (Phi) is 3.98. The first kappa shape index (κ1) is 13.4. The molecule has 6 nitrogen and oxygen atoms in total. The van der Waals surface area contributed by atoms with Crippen LogP contribution in [0.2, 0.25) is 0 Å². The molecule has 0 aliphatic carbocycles. The quantitative estimate of drug-likeness (QED) is 0.890. The maximum atomic E-state index is 12.0. The zero-order valence-electron chi connectivity index (χ0n) is 10.00. The van der Waals surface area contributed by atoms with Crippen molar-refractivity contribution in [2.45, 2.75) is 12.8 Å². The van der Waals surface area contributed by atoms with Gasteiger partial charge in [0.2, 0.25) is 15.9 Å². The number of amides is 1. The number of hydrogen-bond donors (Lipinski definition) is 1. The first-order valence-corrected chi connectivity index (χ1v) is 8.35. The summed E-state index contributed by atoms with van der Waals surface area (Å²) in [6.45, 7) is 0.760. The van der Waals surface area contributed by atoms with E-state index in [2.05, 4.69) is 10.3 Å². The van der Waals surface area contributed by atoms with Crippen molar-refractivity contribution in [2.75, 3.05) is 24.7 Å². The molecule has 1 aromatic rings. The Bertz CT molecular complexity index is 512. The molecule has 1 aliphatic heterocycles. The van der Waals surface area contributed by atoms with E-state index in [4.69, 9.17) is 0 Å². The van der Waals surface area contributed by atoms with Gasteiger partial charge in [0, 0.05) is 24.7 Å². The van der Waals surface area contributed by atoms with E-state index in [1.54, 1.807) is 11.6 Å². The summed E-state index contributed by atoms with van der Waals surface area (Å²) in [5.41, 5.74) is 0. The van der Waals surface area contributed by atoms with E-state index < -0.39 is 10.0 Å². The second-order valence-electron chi connectivity index (χ2n) is 4.29. The molecule has 1 aliphatic rings. The molecule has 2 rings (SSSR count). The van der Waals surface area contributed by atoms with Gasteiger partial charge in [-0.15, -0.1) is 11.3 Å². The van der Waals surface area contributed by atoms with E-state index in [0.717, 1.165) is 0 Å². The monoisotopic (exact) mass is 289 g/mol. The Hall–Kier alpha value is -0.990. The van der Waals surface area contributed by atoms with E-state index in [9.17, 15) is 13.2 Å². The van der Waals surface area contributed by atoms with Crippen LogP contribution < -0.4 is 5.32 Å². The molecule has 1 saturated heterocycles. The number of hydrogen-bond acceptors (Lipinski definition) is 5.